The summed E-state index contributed by atoms with van der Waals surface area (Å²) in [5.74, 6) is -0.997. The highest BCUT2D eigenvalue weighted by Gasteiger charge is 2.32. The largest absolute Gasteiger partial charge is 0.480 e. The second kappa shape index (κ2) is 6.72. The maximum atomic E-state index is 11.9. The zero-order valence-corrected chi connectivity index (χ0v) is 11.0. The first-order valence-electron chi connectivity index (χ1n) is 6.73. The van der Waals surface area contributed by atoms with E-state index < -0.39 is 5.97 Å². The Labute approximate surface area is 112 Å². The van der Waals surface area contributed by atoms with E-state index in [1.807, 2.05) is 4.90 Å². The molecule has 2 saturated heterocycles. The molecular weight excluding hydrogens is 250 g/mol. The van der Waals surface area contributed by atoms with Crippen molar-refractivity contribution in [3.63, 3.8) is 0 Å². The van der Waals surface area contributed by atoms with E-state index in [2.05, 4.69) is 10.2 Å². The van der Waals surface area contributed by atoms with Gasteiger partial charge in [0.2, 0.25) is 0 Å². The van der Waals surface area contributed by atoms with Crippen molar-refractivity contribution in [1.82, 2.24) is 15.1 Å². The number of rotatable bonds is 5. The number of urea groups is 1. The first-order valence-corrected chi connectivity index (χ1v) is 6.73. The summed E-state index contributed by atoms with van der Waals surface area (Å²) < 4.78 is 4.86. The molecule has 1 atom stereocenters. The SMILES string of the molecule is O=C(O)COCCNC(=O)N1CCN2CCCC2C1. The van der Waals surface area contributed by atoms with Crippen LogP contribution in [0.3, 0.4) is 0 Å². The quantitative estimate of drug-likeness (QED) is 0.664. The Morgan fingerprint density at radius 1 is 1.32 bits per heavy atom. The molecule has 7 heteroatoms. The van der Waals surface area contributed by atoms with Crippen molar-refractivity contribution in [3.05, 3.63) is 0 Å². The van der Waals surface area contributed by atoms with E-state index in [0.717, 1.165) is 26.2 Å². The lowest BCUT2D eigenvalue weighted by Gasteiger charge is -2.37. The van der Waals surface area contributed by atoms with Crippen LogP contribution in [0.25, 0.3) is 0 Å². The Morgan fingerprint density at radius 3 is 2.95 bits per heavy atom. The Morgan fingerprint density at radius 2 is 2.16 bits per heavy atom. The third kappa shape index (κ3) is 4.07. The zero-order valence-electron chi connectivity index (χ0n) is 11.0. The van der Waals surface area contributed by atoms with Gasteiger partial charge in [-0.15, -0.1) is 0 Å². The average Bonchev–Trinajstić information content (AvgIpc) is 2.84. The third-order valence-corrected chi connectivity index (χ3v) is 3.62. The Kier molecular flexibility index (Phi) is 4.98. The summed E-state index contributed by atoms with van der Waals surface area (Å²) in [6.07, 6.45) is 2.40. The van der Waals surface area contributed by atoms with Crippen LogP contribution in [0.15, 0.2) is 0 Å². The molecule has 2 rings (SSSR count). The van der Waals surface area contributed by atoms with Crippen LogP contribution in [0, 0.1) is 0 Å². The predicted octanol–water partition coefficient (Wildman–Crippen LogP) is -0.423. The molecule has 0 aliphatic carbocycles. The highest BCUT2D eigenvalue weighted by Crippen LogP contribution is 2.21. The predicted molar refractivity (Wildman–Crippen MR) is 68.0 cm³/mol. The summed E-state index contributed by atoms with van der Waals surface area (Å²) in [6.45, 7) is 3.91. The summed E-state index contributed by atoms with van der Waals surface area (Å²) in [7, 11) is 0. The lowest BCUT2D eigenvalue weighted by atomic mass is 10.2. The van der Waals surface area contributed by atoms with Crippen LogP contribution in [-0.2, 0) is 9.53 Å². The molecule has 0 radical (unpaired) electrons. The Balaban J connectivity index is 1.62. The molecule has 0 bridgehead atoms. The third-order valence-electron chi connectivity index (χ3n) is 3.62. The van der Waals surface area contributed by atoms with E-state index in [1.54, 1.807) is 0 Å². The molecule has 2 fully saturated rings. The number of fused-ring (bicyclic) bond motifs is 1. The highest BCUT2D eigenvalue weighted by atomic mass is 16.5. The van der Waals surface area contributed by atoms with Crippen molar-refractivity contribution in [2.45, 2.75) is 18.9 Å². The number of aliphatic carboxylic acids is 1. The summed E-state index contributed by atoms with van der Waals surface area (Å²) in [5, 5.41) is 11.1. The fourth-order valence-electron chi connectivity index (χ4n) is 2.68. The fourth-order valence-corrected chi connectivity index (χ4v) is 2.68. The fraction of sp³-hybridized carbons (Fsp3) is 0.833. The molecule has 0 aromatic carbocycles. The number of ether oxygens (including phenoxy) is 1. The van der Waals surface area contributed by atoms with Gasteiger partial charge in [-0.05, 0) is 19.4 Å². The molecule has 7 nitrogen and oxygen atoms in total. The number of piperazine rings is 1. The van der Waals surface area contributed by atoms with E-state index in [4.69, 9.17) is 9.84 Å². The number of amides is 2. The first kappa shape index (κ1) is 14.1. The molecular formula is C12H21N3O4. The second-order valence-corrected chi connectivity index (χ2v) is 4.96. The molecule has 1 unspecified atom stereocenters. The van der Waals surface area contributed by atoms with Gasteiger partial charge in [0.05, 0.1) is 6.61 Å². The first-order chi connectivity index (χ1) is 9.16. The molecule has 2 aliphatic rings. The summed E-state index contributed by atoms with van der Waals surface area (Å²) in [6, 6.07) is 0.438. The lowest BCUT2D eigenvalue weighted by molar-refractivity contribution is -0.142. The molecule has 0 aromatic heterocycles. The average molecular weight is 271 g/mol. The van der Waals surface area contributed by atoms with Crippen LogP contribution in [0.4, 0.5) is 4.79 Å². The minimum absolute atomic E-state index is 0.0783. The molecule has 2 heterocycles. The standard InChI is InChI=1S/C12H21N3O4/c16-11(17)9-19-7-3-13-12(18)15-6-5-14-4-1-2-10(14)8-15/h10H,1-9H2,(H,13,18)(H,16,17). The van der Waals surface area contributed by atoms with Gasteiger partial charge in [0.15, 0.2) is 0 Å². The van der Waals surface area contributed by atoms with E-state index in [1.165, 1.54) is 12.8 Å². The van der Waals surface area contributed by atoms with Crippen molar-refractivity contribution >= 4 is 12.0 Å². The molecule has 2 aliphatic heterocycles. The van der Waals surface area contributed by atoms with Crippen LogP contribution >= 0.6 is 0 Å². The number of hydrogen-bond acceptors (Lipinski definition) is 4. The maximum Gasteiger partial charge on any atom is 0.329 e. The molecule has 0 spiro atoms. The number of hydrogen-bond donors (Lipinski definition) is 2. The van der Waals surface area contributed by atoms with Gasteiger partial charge in [0.25, 0.3) is 0 Å². The summed E-state index contributed by atoms with van der Waals surface area (Å²) in [5.41, 5.74) is 0. The van der Waals surface area contributed by atoms with Crippen molar-refractivity contribution in [2.75, 3.05) is 45.9 Å². The molecule has 0 aromatic rings. The van der Waals surface area contributed by atoms with Gasteiger partial charge >= 0.3 is 12.0 Å². The topological polar surface area (TPSA) is 82.1 Å². The lowest BCUT2D eigenvalue weighted by Crippen LogP contribution is -2.54. The van der Waals surface area contributed by atoms with E-state index >= 15 is 0 Å². The molecule has 108 valence electrons. The van der Waals surface area contributed by atoms with Crippen molar-refractivity contribution in [2.24, 2.45) is 0 Å². The second-order valence-electron chi connectivity index (χ2n) is 4.96. The Bertz CT molecular complexity index is 337. The van der Waals surface area contributed by atoms with E-state index in [-0.39, 0.29) is 19.2 Å². The van der Waals surface area contributed by atoms with Crippen LogP contribution in [0.2, 0.25) is 0 Å². The van der Waals surface area contributed by atoms with Gasteiger partial charge in [-0.3, -0.25) is 4.90 Å². The van der Waals surface area contributed by atoms with Gasteiger partial charge in [-0.1, -0.05) is 0 Å². The van der Waals surface area contributed by atoms with Crippen LogP contribution < -0.4 is 5.32 Å². The minimum atomic E-state index is -0.997. The zero-order chi connectivity index (χ0) is 13.7. The van der Waals surface area contributed by atoms with E-state index in [9.17, 15) is 9.59 Å². The van der Waals surface area contributed by atoms with Crippen LogP contribution in [0.1, 0.15) is 12.8 Å². The van der Waals surface area contributed by atoms with Crippen molar-refractivity contribution in [3.8, 4) is 0 Å². The van der Waals surface area contributed by atoms with Gasteiger partial charge in [0, 0.05) is 32.2 Å². The summed E-state index contributed by atoms with van der Waals surface area (Å²) >= 11 is 0. The smallest absolute Gasteiger partial charge is 0.329 e. The maximum absolute atomic E-state index is 11.9. The van der Waals surface area contributed by atoms with Gasteiger partial charge in [-0.2, -0.15) is 0 Å². The molecule has 19 heavy (non-hydrogen) atoms. The van der Waals surface area contributed by atoms with Crippen molar-refractivity contribution in [1.29, 1.82) is 0 Å². The number of carboxylic acids is 1. The summed E-state index contributed by atoms with van der Waals surface area (Å²) in [4.78, 5) is 26.4. The molecule has 2 amide bonds. The normalized spacial score (nSPS) is 23.2. The van der Waals surface area contributed by atoms with Crippen molar-refractivity contribution < 1.29 is 19.4 Å². The number of carbonyl (C=O) groups excluding carboxylic acids is 1. The van der Waals surface area contributed by atoms with Crippen LogP contribution in [-0.4, -0.2) is 78.9 Å². The molecule has 2 N–H and O–H groups in total. The van der Waals surface area contributed by atoms with Gasteiger partial charge in [0.1, 0.15) is 6.61 Å². The Hall–Kier alpha value is -1.34. The van der Waals surface area contributed by atoms with E-state index in [0.29, 0.717) is 12.6 Å². The number of carbonyl (C=O) groups is 2. The number of nitrogens with zero attached hydrogens (tertiary/aromatic N) is 2. The van der Waals surface area contributed by atoms with Gasteiger partial charge < -0.3 is 20.1 Å². The number of nitrogens with one attached hydrogen (secondary N) is 1. The molecule has 0 saturated carbocycles. The highest BCUT2D eigenvalue weighted by molar-refractivity contribution is 5.74. The van der Waals surface area contributed by atoms with Gasteiger partial charge in [-0.25, -0.2) is 9.59 Å². The van der Waals surface area contributed by atoms with Crippen LogP contribution in [0.5, 0.6) is 0 Å². The minimum Gasteiger partial charge on any atom is -0.480 e. The monoisotopic (exact) mass is 271 g/mol. The number of carboxylic acid groups (broad SMARTS) is 1.